The van der Waals surface area contributed by atoms with Gasteiger partial charge in [0.1, 0.15) is 6.04 Å². The number of rotatable bonds is 9. The zero-order valence-electron chi connectivity index (χ0n) is 23.6. The number of hydrogen-bond donors (Lipinski definition) is 3. The second kappa shape index (κ2) is 12.5. The first kappa shape index (κ1) is 29.0. The molecule has 3 N–H and O–H groups in total. The number of aliphatic hydroxyl groups is 1. The Kier molecular flexibility index (Phi) is 8.87. The van der Waals surface area contributed by atoms with Crippen LogP contribution in [0.15, 0.2) is 48.7 Å². The van der Waals surface area contributed by atoms with E-state index in [0.29, 0.717) is 40.4 Å². The zero-order chi connectivity index (χ0) is 29.1. The van der Waals surface area contributed by atoms with Crippen LogP contribution in [0.1, 0.15) is 65.7 Å². The lowest BCUT2D eigenvalue weighted by molar-refractivity contribution is -0.126. The Labute approximate surface area is 245 Å². The van der Waals surface area contributed by atoms with Crippen LogP contribution in [0.25, 0.3) is 11.3 Å². The normalized spacial score (nSPS) is 19.9. The van der Waals surface area contributed by atoms with Crippen molar-refractivity contribution in [2.45, 2.75) is 70.3 Å². The van der Waals surface area contributed by atoms with Crippen molar-refractivity contribution in [3.63, 3.8) is 0 Å². The van der Waals surface area contributed by atoms with Gasteiger partial charge in [0.2, 0.25) is 11.9 Å². The third-order valence-corrected chi connectivity index (χ3v) is 8.37. The molecule has 2 aliphatic rings. The molecule has 216 valence electrons. The van der Waals surface area contributed by atoms with E-state index in [-0.39, 0.29) is 24.5 Å². The van der Waals surface area contributed by atoms with E-state index in [4.69, 9.17) is 16.3 Å². The van der Waals surface area contributed by atoms with Gasteiger partial charge in [-0.05, 0) is 56.7 Å². The van der Waals surface area contributed by atoms with Crippen LogP contribution in [-0.2, 0) is 16.1 Å². The summed E-state index contributed by atoms with van der Waals surface area (Å²) in [4.78, 5) is 37.2. The van der Waals surface area contributed by atoms with E-state index in [0.717, 1.165) is 42.4 Å². The number of halogens is 1. The lowest BCUT2D eigenvalue weighted by Gasteiger charge is -2.28. The number of hydrogen-bond acceptors (Lipinski definition) is 7. The van der Waals surface area contributed by atoms with Crippen molar-refractivity contribution in [3.05, 3.63) is 75.9 Å². The molecular formula is C31H36ClN5O4. The molecule has 0 bridgehead atoms. The zero-order valence-corrected chi connectivity index (χ0v) is 24.3. The number of benzene rings is 2. The highest BCUT2D eigenvalue weighted by atomic mass is 35.5. The highest BCUT2D eigenvalue weighted by molar-refractivity contribution is 6.33. The molecule has 2 amide bonds. The van der Waals surface area contributed by atoms with Crippen molar-refractivity contribution in [2.75, 3.05) is 19.0 Å². The van der Waals surface area contributed by atoms with Crippen molar-refractivity contribution >= 4 is 29.4 Å². The van der Waals surface area contributed by atoms with Crippen molar-refractivity contribution in [2.24, 2.45) is 0 Å². The molecule has 10 heteroatoms. The summed E-state index contributed by atoms with van der Waals surface area (Å²) in [6.45, 7) is 3.72. The lowest BCUT2D eigenvalue weighted by Crippen LogP contribution is -2.46. The van der Waals surface area contributed by atoms with Crippen LogP contribution in [0.3, 0.4) is 0 Å². The molecular weight excluding hydrogens is 542 g/mol. The van der Waals surface area contributed by atoms with Gasteiger partial charge >= 0.3 is 0 Å². The van der Waals surface area contributed by atoms with Gasteiger partial charge in [0.25, 0.3) is 5.91 Å². The Hall–Kier alpha value is -3.53. The molecule has 2 unspecified atom stereocenters. The van der Waals surface area contributed by atoms with Crippen LogP contribution in [0.4, 0.5) is 5.95 Å². The Morgan fingerprint density at radius 2 is 1.98 bits per heavy atom. The standard InChI is InChI=1S/C31H36ClN5O4/c1-18-5-4-6-20(13-18)27(17-38)35-29(39)19(2)37-16-22-8-7-21(14-25(22)30(37)40)28-26(32)15-33-31(36-28)34-23-9-11-24(41-3)12-10-23/h4-8,13-15,19,23-24,27,38H,9-12,16-17H2,1-3H3,(H,35,39)(H,33,34,36)/t19?,23-,24-,27?. The minimum atomic E-state index is -0.733. The van der Waals surface area contributed by atoms with Crippen molar-refractivity contribution in [1.29, 1.82) is 0 Å². The Morgan fingerprint density at radius 1 is 1.20 bits per heavy atom. The summed E-state index contributed by atoms with van der Waals surface area (Å²) in [6.07, 6.45) is 5.79. The van der Waals surface area contributed by atoms with Crippen molar-refractivity contribution < 1.29 is 19.4 Å². The molecule has 1 aliphatic carbocycles. The number of nitrogens with zero attached hydrogens (tertiary/aromatic N) is 3. The van der Waals surface area contributed by atoms with E-state index in [1.807, 2.05) is 43.3 Å². The SMILES string of the molecule is CO[C@H]1CC[C@H](Nc2ncc(Cl)c(-c3ccc4c(c3)C(=O)N(C(C)C(=O)NC(CO)c3cccc(C)c3)C4)n2)CC1. The average molecular weight is 578 g/mol. The number of nitrogens with one attached hydrogen (secondary N) is 2. The van der Waals surface area contributed by atoms with Gasteiger partial charge in [-0.15, -0.1) is 0 Å². The second-order valence-electron chi connectivity index (χ2n) is 10.9. The minimum Gasteiger partial charge on any atom is -0.394 e. The van der Waals surface area contributed by atoms with Crippen molar-refractivity contribution in [1.82, 2.24) is 20.2 Å². The first-order chi connectivity index (χ1) is 19.8. The molecule has 1 saturated carbocycles. The molecule has 0 saturated heterocycles. The molecule has 1 fully saturated rings. The fourth-order valence-corrected chi connectivity index (χ4v) is 5.80. The lowest BCUT2D eigenvalue weighted by atomic mass is 9.93. The van der Waals surface area contributed by atoms with Crippen LogP contribution in [0, 0.1) is 6.92 Å². The van der Waals surface area contributed by atoms with Crippen LogP contribution in [-0.4, -0.2) is 63.7 Å². The number of amides is 2. The quantitative estimate of drug-likeness (QED) is 0.338. The van der Waals surface area contributed by atoms with Crippen LogP contribution < -0.4 is 10.6 Å². The molecule has 3 aromatic rings. The molecule has 2 aromatic carbocycles. The smallest absolute Gasteiger partial charge is 0.255 e. The Balaban J connectivity index is 1.29. The molecule has 2 heterocycles. The van der Waals surface area contributed by atoms with Crippen LogP contribution in [0.5, 0.6) is 0 Å². The van der Waals surface area contributed by atoms with Gasteiger partial charge in [0.05, 0.1) is 35.7 Å². The fourth-order valence-electron chi connectivity index (χ4n) is 5.60. The predicted octanol–water partition coefficient (Wildman–Crippen LogP) is 4.67. The Bertz CT molecular complexity index is 1430. The summed E-state index contributed by atoms with van der Waals surface area (Å²) in [5, 5.41) is 16.6. The monoisotopic (exact) mass is 577 g/mol. The maximum Gasteiger partial charge on any atom is 0.255 e. The number of ether oxygens (including phenoxy) is 1. The van der Waals surface area contributed by atoms with Gasteiger partial charge in [-0.25, -0.2) is 9.97 Å². The van der Waals surface area contributed by atoms with Gasteiger partial charge < -0.3 is 25.4 Å². The molecule has 2 atom stereocenters. The van der Waals surface area contributed by atoms with E-state index in [1.54, 1.807) is 31.2 Å². The van der Waals surface area contributed by atoms with Gasteiger partial charge in [0, 0.05) is 30.8 Å². The number of anilines is 1. The number of methoxy groups -OCH3 is 1. The number of aromatic nitrogens is 2. The summed E-state index contributed by atoms with van der Waals surface area (Å²) >= 11 is 6.50. The maximum absolute atomic E-state index is 13.5. The topological polar surface area (TPSA) is 117 Å². The van der Waals surface area contributed by atoms with Gasteiger partial charge in [-0.3, -0.25) is 9.59 Å². The molecule has 9 nitrogen and oxygen atoms in total. The third kappa shape index (κ3) is 6.37. The van der Waals surface area contributed by atoms with Crippen LogP contribution in [0.2, 0.25) is 5.02 Å². The van der Waals surface area contributed by atoms with E-state index in [1.165, 1.54) is 0 Å². The first-order valence-electron chi connectivity index (χ1n) is 14.0. The Morgan fingerprint density at radius 3 is 2.68 bits per heavy atom. The molecule has 0 spiro atoms. The fraction of sp³-hybridized carbons (Fsp3) is 0.419. The summed E-state index contributed by atoms with van der Waals surface area (Å²) in [6, 6.07) is 12.2. The second-order valence-corrected chi connectivity index (χ2v) is 11.3. The minimum absolute atomic E-state index is 0.237. The summed E-state index contributed by atoms with van der Waals surface area (Å²) < 4.78 is 5.47. The summed E-state index contributed by atoms with van der Waals surface area (Å²) in [5.74, 6) is -0.0730. The molecule has 1 aromatic heterocycles. The predicted molar refractivity (Wildman–Crippen MR) is 158 cm³/mol. The molecule has 41 heavy (non-hydrogen) atoms. The summed E-state index contributed by atoms with van der Waals surface area (Å²) in [5.41, 5.74) is 4.43. The number of aryl methyl sites for hydroxylation is 1. The maximum atomic E-state index is 13.5. The number of fused-ring (bicyclic) bond motifs is 1. The van der Waals surface area contributed by atoms with E-state index in [2.05, 4.69) is 20.6 Å². The van der Waals surface area contributed by atoms with E-state index in [9.17, 15) is 14.7 Å². The third-order valence-electron chi connectivity index (χ3n) is 8.09. The van der Waals surface area contributed by atoms with Gasteiger partial charge in [0.15, 0.2) is 0 Å². The molecule has 0 radical (unpaired) electrons. The van der Waals surface area contributed by atoms with Gasteiger partial charge in [-0.2, -0.15) is 0 Å². The largest absolute Gasteiger partial charge is 0.394 e. The molecule has 1 aliphatic heterocycles. The summed E-state index contributed by atoms with van der Waals surface area (Å²) in [7, 11) is 1.75. The number of carbonyl (C=O) groups is 2. The van der Waals surface area contributed by atoms with Crippen LogP contribution >= 0.6 is 11.6 Å². The van der Waals surface area contributed by atoms with Gasteiger partial charge in [-0.1, -0.05) is 53.6 Å². The number of carbonyl (C=O) groups excluding carboxylic acids is 2. The molecule has 5 rings (SSSR count). The highest BCUT2D eigenvalue weighted by Crippen LogP contribution is 2.33. The highest BCUT2D eigenvalue weighted by Gasteiger charge is 2.35. The number of aliphatic hydroxyl groups excluding tert-OH is 1. The van der Waals surface area contributed by atoms with Crippen molar-refractivity contribution in [3.8, 4) is 11.3 Å². The van der Waals surface area contributed by atoms with E-state index < -0.39 is 12.1 Å². The average Bonchev–Trinajstić information content (AvgIpc) is 3.32. The first-order valence-corrected chi connectivity index (χ1v) is 14.4. The van der Waals surface area contributed by atoms with E-state index >= 15 is 0 Å².